The van der Waals surface area contributed by atoms with Crippen LogP contribution in [0.25, 0.3) is 0 Å². The summed E-state index contributed by atoms with van der Waals surface area (Å²) >= 11 is 9.37. The Balaban J connectivity index is 2.33. The van der Waals surface area contributed by atoms with E-state index in [0.717, 1.165) is 27.1 Å². The van der Waals surface area contributed by atoms with E-state index in [2.05, 4.69) is 28.9 Å². The van der Waals surface area contributed by atoms with Crippen LogP contribution in [0.2, 0.25) is 0 Å². The molecule has 0 unspecified atom stereocenters. The second-order valence-electron chi connectivity index (χ2n) is 4.26. The summed E-state index contributed by atoms with van der Waals surface area (Å²) in [6.45, 7) is 4.11. The van der Waals surface area contributed by atoms with Gasteiger partial charge in [0.25, 0.3) is 0 Å². The number of hydrogen-bond donors (Lipinski definition) is 0. The molecule has 0 fully saturated rings. The van der Waals surface area contributed by atoms with Crippen LogP contribution in [0, 0.1) is 13.8 Å². The van der Waals surface area contributed by atoms with Gasteiger partial charge >= 0.3 is 0 Å². The minimum absolute atomic E-state index is 0.430. The quantitative estimate of drug-likeness (QED) is 0.668. The van der Waals surface area contributed by atoms with E-state index in [1.165, 1.54) is 5.56 Å². The third kappa shape index (κ3) is 3.06. The minimum Gasteiger partial charge on any atom is -0.457 e. The summed E-state index contributed by atoms with van der Waals surface area (Å²) in [5.74, 6) is 2.11. The van der Waals surface area contributed by atoms with Crippen LogP contribution in [0.3, 0.4) is 0 Å². The van der Waals surface area contributed by atoms with E-state index >= 15 is 0 Å². The first-order chi connectivity index (χ1) is 8.60. The van der Waals surface area contributed by atoms with Gasteiger partial charge in [0.2, 0.25) is 0 Å². The molecule has 0 aliphatic carbocycles. The van der Waals surface area contributed by atoms with E-state index < -0.39 is 0 Å². The molecule has 2 rings (SSSR count). The largest absolute Gasteiger partial charge is 0.457 e. The van der Waals surface area contributed by atoms with E-state index in [1.54, 1.807) is 0 Å². The average Bonchev–Trinajstić information content (AvgIpc) is 2.34. The van der Waals surface area contributed by atoms with E-state index in [9.17, 15) is 0 Å². The number of rotatable bonds is 3. The lowest BCUT2D eigenvalue weighted by Crippen LogP contribution is -1.92. The normalized spacial score (nSPS) is 10.4. The summed E-state index contributed by atoms with van der Waals surface area (Å²) in [6.07, 6.45) is 0. The molecule has 0 bridgehead atoms. The van der Waals surface area contributed by atoms with Gasteiger partial charge in [0.05, 0.1) is 5.88 Å². The van der Waals surface area contributed by atoms with Gasteiger partial charge in [0, 0.05) is 10.0 Å². The zero-order valence-corrected chi connectivity index (χ0v) is 12.7. The second kappa shape index (κ2) is 5.77. The summed E-state index contributed by atoms with van der Waals surface area (Å²) in [6, 6.07) is 12.0. The standard InChI is InChI=1S/C15H14BrClO/c1-10-3-5-14(11(2)7-10)18-15-6-4-13(16)8-12(15)9-17/h3-8H,9H2,1-2H3. The maximum Gasteiger partial charge on any atom is 0.131 e. The molecule has 0 heterocycles. The van der Waals surface area contributed by atoms with Crippen LogP contribution >= 0.6 is 27.5 Å². The van der Waals surface area contributed by atoms with Crippen LogP contribution in [-0.4, -0.2) is 0 Å². The van der Waals surface area contributed by atoms with Gasteiger partial charge < -0.3 is 4.74 Å². The molecule has 0 N–H and O–H groups in total. The van der Waals surface area contributed by atoms with Gasteiger partial charge in [-0.25, -0.2) is 0 Å². The third-order valence-electron chi connectivity index (χ3n) is 2.72. The maximum absolute atomic E-state index is 5.94. The molecule has 0 spiro atoms. The van der Waals surface area contributed by atoms with Gasteiger partial charge in [-0.3, -0.25) is 0 Å². The van der Waals surface area contributed by atoms with Gasteiger partial charge in [-0.2, -0.15) is 0 Å². The Morgan fingerprint density at radius 2 is 1.78 bits per heavy atom. The molecule has 0 aliphatic heterocycles. The van der Waals surface area contributed by atoms with Gasteiger partial charge in [0.15, 0.2) is 0 Å². The molecule has 2 aromatic carbocycles. The molecule has 2 aromatic rings. The fourth-order valence-corrected chi connectivity index (χ4v) is 2.40. The highest BCUT2D eigenvalue weighted by Gasteiger charge is 2.07. The fourth-order valence-electron chi connectivity index (χ4n) is 1.78. The van der Waals surface area contributed by atoms with Crippen molar-refractivity contribution in [3.05, 3.63) is 57.6 Å². The van der Waals surface area contributed by atoms with E-state index in [4.69, 9.17) is 16.3 Å². The molecule has 0 aliphatic rings. The molecule has 0 radical (unpaired) electrons. The van der Waals surface area contributed by atoms with Crippen molar-refractivity contribution in [2.45, 2.75) is 19.7 Å². The van der Waals surface area contributed by atoms with Crippen molar-refractivity contribution >= 4 is 27.5 Å². The van der Waals surface area contributed by atoms with E-state index in [1.807, 2.05) is 37.3 Å². The number of ether oxygens (including phenoxy) is 1. The number of hydrogen-bond acceptors (Lipinski definition) is 1. The van der Waals surface area contributed by atoms with Gasteiger partial charge in [0.1, 0.15) is 11.5 Å². The number of benzene rings is 2. The molecule has 0 amide bonds. The molecule has 0 atom stereocenters. The van der Waals surface area contributed by atoms with Crippen LogP contribution in [0.1, 0.15) is 16.7 Å². The van der Waals surface area contributed by atoms with Crippen molar-refractivity contribution in [3.63, 3.8) is 0 Å². The zero-order valence-electron chi connectivity index (χ0n) is 10.3. The lowest BCUT2D eigenvalue weighted by molar-refractivity contribution is 0.474. The Morgan fingerprint density at radius 1 is 1.06 bits per heavy atom. The Hall–Kier alpha value is -0.990. The van der Waals surface area contributed by atoms with Crippen LogP contribution in [-0.2, 0) is 5.88 Å². The topological polar surface area (TPSA) is 9.23 Å². The highest BCUT2D eigenvalue weighted by Crippen LogP contribution is 2.31. The monoisotopic (exact) mass is 324 g/mol. The Kier molecular flexibility index (Phi) is 4.31. The zero-order chi connectivity index (χ0) is 13.1. The van der Waals surface area contributed by atoms with Crippen LogP contribution in [0.4, 0.5) is 0 Å². The highest BCUT2D eigenvalue weighted by molar-refractivity contribution is 9.10. The van der Waals surface area contributed by atoms with Crippen LogP contribution in [0.5, 0.6) is 11.5 Å². The molecule has 18 heavy (non-hydrogen) atoms. The first kappa shape index (κ1) is 13.4. The van der Waals surface area contributed by atoms with Crippen molar-refractivity contribution in [2.24, 2.45) is 0 Å². The lowest BCUT2D eigenvalue weighted by atomic mass is 10.1. The summed E-state index contributed by atoms with van der Waals surface area (Å²) in [5, 5.41) is 0. The average molecular weight is 326 g/mol. The molecule has 1 nitrogen and oxygen atoms in total. The van der Waals surface area contributed by atoms with Crippen molar-refractivity contribution in [2.75, 3.05) is 0 Å². The molecule has 0 aromatic heterocycles. The molecule has 94 valence electrons. The Bertz CT molecular complexity index is 566. The lowest BCUT2D eigenvalue weighted by Gasteiger charge is -2.12. The van der Waals surface area contributed by atoms with Gasteiger partial charge in [-0.15, -0.1) is 11.6 Å². The fraction of sp³-hybridized carbons (Fsp3) is 0.200. The summed E-state index contributed by atoms with van der Waals surface area (Å²) < 4.78 is 6.94. The van der Waals surface area contributed by atoms with Crippen molar-refractivity contribution in [1.82, 2.24) is 0 Å². The predicted molar refractivity (Wildman–Crippen MR) is 79.7 cm³/mol. The summed E-state index contributed by atoms with van der Waals surface area (Å²) in [4.78, 5) is 0. The predicted octanol–water partition coefficient (Wildman–Crippen LogP) is 5.60. The SMILES string of the molecule is Cc1ccc(Oc2ccc(Br)cc2CCl)c(C)c1. The first-order valence-corrected chi connectivity index (χ1v) is 7.02. The van der Waals surface area contributed by atoms with E-state index in [0.29, 0.717) is 5.88 Å². The molecule has 0 saturated heterocycles. The number of halogens is 2. The highest BCUT2D eigenvalue weighted by atomic mass is 79.9. The third-order valence-corrected chi connectivity index (χ3v) is 3.50. The second-order valence-corrected chi connectivity index (χ2v) is 5.44. The maximum atomic E-state index is 5.94. The number of alkyl halides is 1. The van der Waals surface area contributed by atoms with Gasteiger partial charge in [-0.1, -0.05) is 33.6 Å². The van der Waals surface area contributed by atoms with E-state index in [-0.39, 0.29) is 0 Å². The van der Waals surface area contributed by atoms with Crippen molar-refractivity contribution < 1.29 is 4.74 Å². The molecular weight excluding hydrogens is 312 g/mol. The summed E-state index contributed by atoms with van der Waals surface area (Å²) in [5.41, 5.74) is 3.33. The first-order valence-electron chi connectivity index (χ1n) is 5.69. The minimum atomic E-state index is 0.430. The smallest absolute Gasteiger partial charge is 0.131 e. The van der Waals surface area contributed by atoms with Gasteiger partial charge in [-0.05, 0) is 43.7 Å². The van der Waals surface area contributed by atoms with Crippen molar-refractivity contribution in [1.29, 1.82) is 0 Å². The van der Waals surface area contributed by atoms with Crippen LogP contribution in [0.15, 0.2) is 40.9 Å². The molecule has 0 saturated carbocycles. The Labute approximate surface area is 121 Å². The van der Waals surface area contributed by atoms with Crippen molar-refractivity contribution in [3.8, 4) is 11.5 Å². The molecular formula is C15H14BrClO. The molecule has 3 heteroatoms. The summed E-state index contributed by atoms with van der Waals surface area (Å²) in [7, 11) is 0. The Morgan fingerprint density at radius 3 is 2.44 bits per heavy atom. The number of aryl methyl sites for hydroxylation is 2. The van der Waals surface area contributed by atoms with Crippen LogP contribution < -0.4 is 4.74 Å².